The number of nitrogens with one attached hydrogen (secondary N) is 1. The second kappa shape index (κ2) is 17.4. The van der Waals surface area contributed by atoms with E-state index in [4.69, 9.17) is 28.7 Å². The number of nitrogens with zero attached hydrogens (tertiary/aromatic N) is 2. The fourth-order valence-electron chi connectivity index (χ4n) is 13.8. The van der Waals surface area contributed by atoms with E-state index in [1.165, 1.54) is 12.8 Å². The highest BCUT2D eigenvalue weighted by Crippen LogP contribution is 2.62. The maximum Gasteiger partial charge on any atom is 0.254 e. The predicted octanol–water partition coefficient (Wildman–Crippen LogP) is 6.15. The highest BCUT2D eigenvalue weighted by molar-refractivity contribution is 6.14. The number of carbonyl (C=O) groups excluding carboxylic acids is 2. The number of phenolic OH excluding ortho intramolecular Hbond substituents is 1. The molecule has 5 aliphatic carbocycles. The molecule has 0 radical (unpaired) electrons. The molecule has 3 aromatic carbocycles. The van der Waals surface area contributed by atoms with Gasteiger partial charge in [0.15, 0.2) is 23.2 Å². The molecule has 9 atom stereocenters. The van der Waals surface area contributed by atoms with Gasteiger partial charge in [-0.15, -0.1) is 0 Å². The van der Waals surface area contributed by atoms with Gasteiger partial charge in [0, 0.05) is 60.8 Å². The number of allylic oxidation sites excluding steroid dienone is 3. The van der Waals surface area contributed by atoms with Crippen LogP contribution in [0.15, 0.2) is 63.8 Å². The minimum atomic E-state index is -2.45. The van der Waals surface area contributed by atoms with Crippen molar-refractivity contribution in [1.82, 2.24) is 10.2 Å². The number of aryl methyl sites for hydroxylation is 1. The summed E-state index contributed by atoms with van der Waals surface area (Å²) in [6.07, 6.45) is 17.6. The van der Waals surface area contributed by atoms with Crippen LogP contribution in [0.25, 0.3) is 16.8 Å². The number of benzene rings is 3. The van der Waals surface area contributed by atoms with E-state index in [0.29, 0.717) is 41.8 Å². The van der Waals surface area contributed by atoms with E-state index in [1.807, 2.05) is 24.3 Å². The van der Waals surface area contributed by atoms with Crippen LogP contribution in [0.2, 0.25) is 0 Å². The van der Waals surface area contributed by atoms with E-state index in [9.17, 15) is 25.2 Å². The summed E-state index contributed by atoms with van der Waals surface area (Å²) < 4.78 is 33.0. The fraction of sp³-hybridized carbons (Fsp3) is 0.474. The van der Waals surface area contributed by atoms with Gasteiger partial charge in [-0.25, -0.2) is 0 Å². The third kappa shape index (κ3) is 7.06. The minimum absolute atomic E-state index is 0.0196. The van der Waals surface area contributed by atoms with E-state index in [2.05, 4.69) is 29.8 Å². The molecule has 3 fully saturated rings. The maximum atomic E-state index is 15.4. The molecule has 5 N–H and O–H groups in total. The van der Waals surface area contributed by atoms with Crippen LogP contribution in [0, 0.1) is 24.4 Å². The van der Waals surface area contributed by atoms with Gasteiger partial charge >= 0.3 is 0 Å². The van der Waals surface area contributed by atoms with Crippen molar-refractivity contribution in [2.24, 2.45) is 10.9 Å². The average molecular weight is 961 g/mol. The Morgan fingerprint density at radius 2 is 1.92 bits per heavy atom. The number of amides is 1. The number of aliphatic hydroxyl groups excluding tert-OH is 2. The summed E-state index contributed by atoms with van der Waals surface area (Å²) in [4.78, 5) is 35.9. The van der Waals surface area contributed by atoms with Crippen LogP contribution < -0.4 is 14.8 Å². The van der Waals surface area contributed by atoms with Crippen molar-refractivity contribution in [2.45, 2.75) is 131 Å². The molecule has 14 heteroatoms. The molecular weight excluding hydrogens is 903 g/mol. The molecule has 13 rings (SSSR count). The standard InChI is InChI=1S/C57H57N3O11/c1-67-52-36-16-15-32-22-31-8-5-12-34(31)46-45(32)47(36)49-51(64)48(46)42(62)26-60-25-40-30(7-4-13-35(40)55(60)65)9-6-20-68-54-50(63)44-27-69-43(19-17-37(52)53(49)71-56(70-44)57(54,66)28-61)39-24-59-41-18-14-29(21-38(39)41)23-58-33-10-2-3-11-33/h4,7,13-14,17-19,21,24,31-34,43-44,50,54,56,58,61,63,66H,2-3,5,8-12,15-16,22-23,25-28H2,1H3/p+1/b19-17+/t31-,32-,34-,43-,44-,50-,54+,56-,57-/m1/s1. The molecule has 5 heterocycles. The van der Waals surface area contributed by atoms with Gasteiger partial charge < -0.3 is 54.3 Å². The van der Waals surface area contributed by atoms with Gasteiger partial charge in [-0.05, 0) is 109 Å². The first-order valence-corrected chi connectivity index (χ1v) is 25.6. The first kappa shape index (κ1) is 45.0. The number of ether oxygens (including phenoxy) is 5. The number of fused-ring (bicyclic) bond motifs is 8. The summed E-state index contributed by atoms with van der Waals surface area (Å²) in [6, 6.07) is 5.89. The van der Waals surface area contributed by atoms with Crippen molar-refractivity contribution in [1.29, 1.82) is 0 Å². The van der Waals surface area contributed by atoms with Crippen molar-refractivity contribution in [3.63, 3.8) is 0 Å². The topological polar surface area (TPSA) is 189 Å². The number of hydrogen-bond acceptors (Lipinski definition) is 13. The summed E-state index contributed by atoms with van der Waals surface area (Å²) in [6.45, 7) is -0.596. The number of Topliss-reactive ketones (excluding diaryl/α,β-unsaturated/α-hetero) is 1. The number of hydrogen-bond donors (Lipinski definition) is 5. The van der Waals surface area contributed by atoms with Gasteiger partial charge in [0.2, 0.25) is 6.29 Å². The number of carbonyl (C=O) groups is 2. The Labute approximate surface area is 412 Å². The lowest BCUT2D eigenvalue weighted by Gasteiger charge is -2.48. The normalized spacial score (nSPS) is 31.8. The molecule has 8 bridgehead atoms. The van der Waals surface area contributed by atoms with Gasteiger partial charge in [0.25, 0.3) is 5.91 Å². The molecule has 71 heavy (non-hydrogen) atoms. The van der Waals surface area contributed by atoms with Gasteiger partial charge in [-0.1, -0.05) is 37.3 Å². The molecule has 366 valence electrons. The number of aliphatic imine (C=N–C) groups is 1. The zero-order chi connectivity index (χ0) is 48.3. The third-order valence-corrected chi connectivity index (χ3v) is 17.3. The third-order valence-electron chi connectivity index (χ3n) is 17.3. The van der Waals surface area contributed by atoms with Crippen molar-refractivity contribution < 1.29 is 53.7 Å². The lowest BCUT2D eigenvalue weighted by Crippen LogP contribution is -2.70. The molecule has 2 saturated carbocycles. The van der Waals surface area contributed by atoms with Crippen LogP contribution in [0.3, 0.4) is 0 Å². The van der Waals surface area contributed by atoms with Crippen molar-refractivity contribution >= 4 is 34.8 Å². The Balaban J connectivity index is 1.04. The molecule has 1 amide bonds. The van der Waals surface area contributed by atoms with Crippen molar-refractivity contribution in [3.05, 3.63) is 110 Å². The molecular formula is C57H58N3O11+. The first-order chi connectivity index (χ1) is 34.6. The highest BCUT2D eigenvalue weighted by Gasteiger charge is 2.59. The summed E-state index contributed by atoms with van der Waals surface area (Å²) in [5.41, 5.74) is 6.33. The minimum Gasteiger partial charge on any atom is -0.506 e. The molecule has 3 aromatic rings. The van der Waals surface area contributed by atoms with Crippen LogP contribution >= 0.6 is 0 Å². The Bertz CT molecular complexity index is 3020. The lowest BCUT2D eigenvalue weighted by atomic mass is 9.64. The predicted molar refractivity (Wildman–Crippen MR) is 262 cm³/mol. The Morgan fingerprint density at radius 3 is 2.76 bits per heavy atom. The Hall–Kier alpha value is -5.92. The quantitative estimate of drug-likeness (QED) is 0.140. The zero-order valence-corrected chi connectivity index (χ0v) is 39.7. The molecule has 0 aromatic heterocycles. The molecule has 0 spiro atoms. The molecule has 10 aliphatic rings. The Kier molecular flexibility index (Phi) is 11.0. The maximum absolute atomic E-state index is 15.4. The molecule has 1 saturated heterocycles. The Morgan fingerprint density at radius 1 is 1.04 bits per heavy atom. The van der Waals surface area contributed by atoms with Gasteiger partial charge in [0.1, 0.15) is 47.2 Å². The number of aromatic hydroxyl groups is 1. The number of rotatable bonds is 6. The molecule has 0 unspecified atom stereocenters. The SMILES string of the molecule is COc1c2c3c4c(O)c(c5c6c4c1CC[C@@H]6C[C@H]1CCC[C@@H]51)C(=O)CN1Cc4c(cccc4C1=O)CC#CO[C@H]1[C@H](O)[C@@H](CO[C@@H](C4=C5[CH+]C(CNC6CCCC6)=CC=C5N=C4)/C=C/2)O[C@H](O3)[C@@]1(O)CO. The van der Waals surface area contributed by atoms with E-state index in [-0.39, 0.29) is 72.1 Å². The first-order valence-electron chi connectivity index (χ1n) is 25.6. The largest absolute Gasteiger partial charge is 0.506 e. The van der Waals surface area contributed by atoms with Crippen LogP contribution in [0.4, 0.5) is 0 Å². The summed E-state index contributed by atoms with van der Waals surface area (Å²) in [5, 5.41) is 54.2. The van der Waals surface area contributed by atoms with E-state index >= 15 is 4.79 Å². The number of ketones is 1. The van der Waals surface area contributed by atoms with E-state index in [1.54, 1.807) is 30.4 Å². The smallest absolute Gasteiger partial charge is 0.254 e. The zero-order valence-electron chi connectivity index (χ0n) is 39.7. The lowest BCUT2D eigenvalue weighted by molar-refractivity contribution is -0.327. The van der Waals surface area contributed by atoms with Crippen LogP contribution in [-0.2, 0) is 33.6 Å². The van der Waals surface area contributed by atoms with Gasteiger partial charge in [-0.3, -0.25) is 9.59 Å². The summed E-state index contributed by atoms with van der Waals surface area (Å²) in [7, 11) is 1.60. The molecule has 5 aliphatic heterocycles. The summed E-state index contributed by atoms with van der Waals surface area (Å²) >= 11 is 0. The average Bonchev–Trinajstić information content (AvgIpc) is 4.22. The summed E-state index contributed by atoms with van der Waals surface area (Å²) in [5.74, 6) is 3.00. The van der Waals surface area contributed by atoms with E-state index in [0.717, 1.165) is 101 Å². The van der Waals surface area contributed by atoms with E-state index < -0.39 is 42.9 Å². The monoisotopic (exact) mass is 960 g/mol. The van der Waals surface area contributed by atoms with Crippen LogP contribution in [-0.4, -0.2) is 119 Å². The molecule has 14 nitrogen and oxygen atoms in total. The number of aliphatic hydroxyl groups is 3. The fourth-order valence-corrected chi connectivity index (χ4v) is 13.8. The highest BCUT2D eigenvalue weighted by atomic mass is 16.7. The van der Waals surface area contributed by atoms with Crippen LogP contribution in [0.1, 0.15) is 124 Å². The van der Waals surface area contributed by atoms with Crippen molar-refractivity contribution in [2.75, 3.05) is 33.4 Å². The number of methoxy groups -OCH3 is 1. The number of phenols is 1. The van der Waals surface area contributed by atoms with Crippen molar-refractivity contribution in [3.8, 4) is 29.3 Å². The second-order valence-electron chi connectivity index (χ2n) is 21.2. The second-order valence-corrected chi connectivity index (χ2v) is 21.2. The van der Waals surface area contributed by atoms with Gasteiger partial charge in [-0.2, -0.15) is 4.99 Å². The van der Waals surface area contributed by atoms with Crippen LogP contribution in [0.5, 0.6) is 17.2 Å². The van der Waals surface area contributed by atoms with Gasteiger partial charge in [0.05, 0.1) is 55.2 Å².